The highest BCUT2D eigenvalue weighted by Gasteiger charge is 2.18. The number of rotatable bonds is 10. The van der Waals surface area contributed by atoms with E-state index in [4.69, 9.17) is 9.47 Å². The third-order valence-corrected chi connectivity index (χ3v) is 3.69. The molecule has 1 heterocycles. The van der Waals surface area contributed by atoms with E-state index < -0.39 is 0 Å². The lowest BCUT2D eigenvalue weighted by atomic mass is 9.90. The molecule has 108 valence electrons. The topological polar surface area (TPSA) is 30.5 Å². The molecule has 1 N–H and O–H groups in total. The Balaban J connectivity index is 2.20. The number of ether oxygens (including phenoxy) is 2. The van der Waals surface area contributed by atoms with Crippen LogP contribution in [0.25, 0.3) is 0 Å². The molecule has 0 aromatic heterocycles. The van der Waals surface area contributed by atoms with Crippen LogP contribution in [0.1, 0.15) is 52.4 Å². The van der Waals surface area contributed by atoms with Crippen LogP contribution < -0.4 is 5.32 Å². The molecule has 1 atom stereocenters. The van der Waals surface area contributed by atoms with Crippen LogP contribution in [0, 0.1) is 5.92 Å². The van der Waals surface area contributed by atoms with Crippen molar-refractivity contribution in [3.8, 4) is 0 Å². The summed E-state index contributed by atoms with van der Waals surface area (Å²) in [5.74, 6) is 0.861. The van der Waals surface area contributed by atoms with E-state index in [0.29, 0.717) is 6.04 Å². The van der Waals surface area contributed by atoms with Gasteiger partial charge in [0.15, 0.2) is 0 Å². The standard InChI is InChI=1S/C15H31NO2/c1-3-9-16-15(6-5-10-17-4-2)13-14-7-11-18-12-8-14/h14-16H,3-13H2,1-2H3. The normalized spacial score (nSPS) is 19.0. The Labute approximate surface area is 113 Å². The van der Waals surface area contributed by atoms with Gasteiger partial charge in [0.1, 0.15) is 0 Å². The molecule has 1 aliphatic heterocycles. The molecule has 0 amide bonds. The largest absolute Gasteiger partial charge is 0.382 e. The first-order valence-electron chi connectivity index (χ1n) is 7.75. The Kier molecular flexibility index (Phi) is 9.54. The zero-order chi connectivity index (χ0) is 13.1. The molecule has 3 nitrogen and oxygen atoms in total. The lowest BCUT2D eigenvalue weighted by Crippen LogP contribution is -2.33. The van der Waals surface area contributed by atoms with Gasteiger partial charge < -0.3 is 14.8 Å². The van der Waals surface area contributed by atoms with Crippen LogP contribution in [-0.2, 0) is 9.47 Å². The van der Waals surface area contributed by atoms with Crippen molar-refractivity contribution >= 4 is 0 Å². The van der Waals surface area contributed by atoms with Gasteiger partial charge in [0.25, 0.3) is 0 Å². The highest BCUT2D eigenvalue weighted by Crippen LogP contribution is 2.21. The summed E-state index contributed by atoms with van der Waals surface area (Å²) in [5.41, 5.74) is 0. The van der Waals surface area contributed by atoms with Gasteiger partial charge in [-0.15, -0.1) is 0 Å². The van der Waals surface area contributed by atoms with E-state index in [2.05, 4.69) is 19.2 Å². The zero-order valence-corrected chi connectivity index (χ0v) is 12.2. The van der Waals surface area contributed by atoms with E-state index in [-0.39, 0.29) is 0 Å². The summed E-state index contributed by atoms with van der Waals surface area (Å²) in [6, 6.07) is 0.675. The van der Waals surface area contributed by atoms with Gasteiger partial charge in [-0.2, -0.15) is 0 Å². The first-order chi connectivity index (χ1) is 8.86. The summed E-state index contributed by atoms with van der Waals surface area (Å²) in [5, 5.41) is 3.70. The molecule has 1 rings (SSSR count). The average Bonchev–Trinajstić information content (AvgIpc) is 2.41. The van der Waals surface area contributed by atoms with E-state index >= 15 is 0 Å². The Morgan fingerprint density at radius 1 is 1.28 bits per heavy atom. The highest BCUT2D eigenvalue weighted by molar-refractivity contribution is 4.74. The quantitative estimate of drug-likeness (QED) is 0.610. The summed E-state index contributed by atoms with van der Waals surface area (Å²) in [6.07, 6.45) is 7.45. The smallest absolute Gasteiger partial charge is 0.0468 e. The maximum Gasteiger partial charge on any atom is 0.0468 e. The first-order valence-corrected chi connectivity index (χ1v) is 7.75. The molecule has 1 unspecified atom stereocenters. The molecule has 1 aliphatic rings. The monoisotopic (exact) mass is 257 g/mol. The van der Waals surface area contributed by atoms with Gasteiger partial charge in [-0.3, -0.25) is 0 Å². The van der Waals surface area contributed by atoms with Crippen molar-refractivity contribution < 1.29 is 9.47 Å². The van der Waals surface area contributed by atoms with Crippen molar-refractivity contribution in [3.63, 3.8) is 0 Å². The van der Waals surface area contributed by atoms with E-state index in [1.807, 2.05) is 0 Å². The lowest BCUT2D eigenvalue weighted by molar-refractivity contribution is 0.0595. The summed E-state index contributed by atoms with van der Waals surface area (Å²) in [7, 11) is 0. The molecular weight excluding hydrogens is 226 g/mol. The molecule has 3 heteroatoms. The molecule has 0 radical (unpaired) electrons. The number of hydrogen-bond acceptors (Lipinski definition) is 3. The van der Waals surface area contributed by atoms with Crippen LogP contribution >= 0.6 is 0 Å². The molecule has 1 fully saturated rings. The van der Waals surface area contributed by atoms with Crippen LogP contribution in [0.4, 0.5) is 0 Å². The predicted octanol–water partition coefficient (Wildman–Crippen LogP) is 2.99. The van der Waals surface area contributed by atoms with Crippen molar-refractivity contribution in [3.05, 3.63) is 0 Å². The second-order valence-corrected chi connectivity index (χ2v) is 5.28. The molecule has 0 bridgehead atoms. The Bertz CT molecular complexity index is 181. The first kappa shape index (κ1) is 15.9. The minimum absolute atomic E-state index is 0.675. The van der Waals surface area contributed by atoms with Crippen LogP contribution in [0.3, 0.4) is 0 Å². The maximum atomic E-state index is 5.44. The fourth-order valence-corrected chi connectivity index (χ4v) is 2.61. The van der Waals surface area contributed by atoms with E-state index in [1.54, 1.807) is 0 Å². The van der Waals surface area contributed by atoms with E-state index in [9.17, 15) is 0 Å². The summed E-state index contributed by atoms with van der Waals surface area (Å²) < 4.78 is 10.9. The molecule has 0 aliphatic carbocycles. The number of nitrogens with one attached hydrogen (secondary N) is 1. The molecule has 0 aromatic rings. The Morgan fingerprint density at radius 3 is 2.72 bits per heavy atom. The SMILES string of the molecule is CCCNC(CCCOCC)CC1CCOCC1. The summed E-state index contributed by atoms with van der Waals surface area (Å²) in [4.78, 5) is 0. The van der Waals surface area contributed by atoms with Crippen LogP contribution in [0.5, 0.6) is 0 Å². The van der Waals surface area contributed by atoms with Crippen molar-refractivity contribution in [2.75, 3.05) is 33.0 Å². The van der Waals surface area contributed by atoms with Crippen LogP contribution in [0.15, 0.2) is 0 Å². The minimum Gasteiger partial charge on any atom is -0.382 e. The molecule has 0 aromatic carbocycles. The summed E-state index contributed by atoms with van der Waals surface area (Å²) in [6.45, 7) is 9.12. The molecule has 0 saturated carbocycles. The van der Waals surface area contributed by atoms with E-state index in [1.165, 1.54) is 38.5 Å². The average molecular weight is 257 g/mol. The van der Waals surface area contributed by atoms with E-state index in [0.717, 1.165) is 38.9 Å². The fourth-order valence-electron chi connectivity index (χ4n) is 2.61. The minimum atomic E-state index is 0.675. The molecule has 0 spiro atoms. The molecule has 1 saturated heterocycles. The molecular formula is C15H31NO2. The zero-order valence-electron chi connectivity index (χ0n) is 12.2. The third-order valence-electron chi connectivity index (χ3n) is 3.69. The van der Waals surface area contributed by atoms with Gasteiger partial charge >= 0.3 is 0 Å². The van der Waals surface area contributed by atoms with Crippen LogP contribution in [0.2, 0.25) is 0 Å². The van der Waals surface area contributed by atoms with Crippen molar-refractivity contribution in [1.29, 1.82) is 0 Å². The summed E-state index contributed by atoms with van der Waals surface area (Å²) >= 11 is 0. The van der Waals surface area contributed by atoms with Gasteiger partial charge in [-0.05, 0) is 57.9 Å². The lowest BCUT2D eigenvalue weighted by Gasteiger charge is -2.27. The predicted molar refractivity (Wildman–Crippen MR) is 76.0 cm³/mol. The highest BCUT2D eigenvalue weighted by atomic mass is 16.5. The van der Waals surface area contributed by atoms with Gasteiger partial charge in [-0.1, -0.05) is 6.92 Å². The third kappa shape index (κ3) is 7.34. The maximum absolute atomic E-state index is 5.44. The van der Waals surface area contributed by atoms with Gasteiger partial charge in [0.2, 0.25) is 0 Å². The van der Waals surface area contributed by atoms with Gasteiger partial charge in [-0.25, -0.2) is 0 Å². The second-order valence-electron chi connectivity index (χ2n) is 5.28. The van der Waals surface area contributed by atoms with Gasteiger partial charge in [0, 0.05) is 32.5 Å². The van der Waals surface area contributed by atoms with Crippen molar-refractivity contribution in [2.24, 2.45) is 5.92 Å². The van der Waals surface area contributed by atoms with Crippen molar-refractivity contribution in [2.45, 2.75) is 58.4 Å². The number of hydrogen-bond donors (Lipinski definition) is 1. The fraction of sp³-hybridized carbons (Fsp3) is 1.00. The Morgan fingerprint density at radius 2 is 2.06 bits per heavy atom. The molecule has 18 heavy (non-hydrogen) atoms. The second kappa shape index (κ2) is 10.8. The Hall–Kier alpha value is -0.120. The van der Waals surface area contributed by atoms with Crippen molar-refractivity contribution in [1.82, 2.24) is 5.32 Å². The van der Waals surface area contributed by atoms with Crippen LogP contribution in [-0.4, -0.2) is 39.0 Å². The van der Waals surface area contributed by atoms with Gasteiger partial charge in [0.05, 0.1) is 0 Å².